The third-order valence-electron chi connectivity index (χ3n) is 3.48. The number of allylic oxidation sites excluding steroid dienone is 1. The SMILES string of the molecule is CC(C=NC1CCC(N)CC1)=C(N)OCCOC(C)(C)C. The van der Waals surface area contributed by atoms with Gasteiger partial charge in [-0.2, -0.15) is 0 Å². The van der Waals surface area contributed by atoms with Gasteiger partial charge in [-0.25, -0.2) is 0 Å². The van der Waals surface area contributed by atoms with Crippen molar-refractivity contribution in [3.05, 3.63) is 11.5 Å². The Labute approximate surface area is 128 Å². The molecule has 0 atom stereocenters. The standard InChI is InChI=1S/C16H31N3O2/c1-12(11-19-14-7-5-13(17)6-8-14)15(18)20-9-10-21-16(2,3)4/h11,13-14H,5-10,17-18H2,1-4H3. The van der Waals surface area contributed by atoms with Crippen LogP contribution in [0.15, 0.2) is 16.4 Å². The second-order valence-corrected chi connectivity index (χ2v) is 6.70. The molecule has 1 rings (SSSR count). The first-order valence-corrected chi connectivity index (χ1v) is 7.80. The van der Waals surface area contributed by atoms with Crippen LogP contribution in [0, 0.1) is 0 Å². The molecule has 4 N–H and O–H groups in total. The fourth-order valence-corrected chi connectivity index (χ4v) is 2.14. The summed E-state index contributed by atoms with van der Waals surface area (Å²) in [5.41, 5.74) is 12.5. The minimum Gasteiger partial charge on any atom is -0.477 e. The van der Waals surface area contributed by atoms with Crippen LogP contribution < -0.4 is 11.5 Å². The van der Waals surface area contributed by atoms with Gasteiger partial charge in [-0.1, -0.05) is 0 Å². The summed E-state index contributed by atoms with van der Waals surface area (Å²) in [4.78, 5) is 4.58. The zero-order valence-corrected chi connectivity index (χ0v) is 13.9. The molecular weight excluding hydrogens is 266 g/mol. The van der Waals surface area contributed by atoms with E-state index >= 15 is 0 Å². The predicted molar refractivity (Wildman–Crippen MR) is 87.3 cm³/mol. The highest BCUT2D eigenvalue weighted by atomic mass is 16.5. The second-order valence-electron chi connectivity index (χ2n) is 6.70. The Morgan fingerprint density at radius 2 is 1.81 bits per heavy atom. The van der Waals surface area contributed by atoms with Gasteiger partial charge in [-0.15, -0.1) is 0 Å². The van der Waals surface area contributed by atoms with Crippen LogP contribution in [0.2, 0.25) is 0 Å². The maximum Gasteiger partial charge on any atom is 0.188 e. The largest absolute Gasteiger partial charge is 0.477 e. The Kier molecular flexibility index (Phi) is 7.18. The normalized spacial score (nSPS) is 25.0. The van der Waals surface area contributed by atoms with Crippen LogP contribution in [0.4, 0.5) is 0 Å². The monoisotopic (exact) mass is 297 g/mol. The quantitative estimate of drug-likeness (QED) is 0.448. The fourth-order valence-electron chi connectivity index (χ4n) is 2.14. The van der Waals surface area contributed by atoms with Gasteiger partial charge >= 0.3 is 0 Å². The van der Waals surface area contributed by atoms with Crippen molar-refractivity contribution in [2.75, 3.05) is 13.2 Å². The lowest BCUT2D eigenvalue weighted by Gasteiger charge is -2.23. The molecule has 0 saturated heterocycles. The lowest BCUT2D eigenvalue weighted by Crippen LogP contribution is -2.28. The zero-order valence-electron chi connectivity index (χ0n) is 13.9. The number of rotatable bonds is 6. The van der Waals surface area contributed by atoms with E-state index in [0.29, 0.717) is 31.2 Å². The van der Waals surface area contributed by atoms with Gasteiger partial charge in [0.05, 0.1) is 18.2 Å². The van der Waals surface area contributed by atoms with Gasteiger partial charge in [0.15, 0.2) is 5.88 Å². The van der Waals surface area contributed by atoms with E-state index in [0.717, 1.165) is 31.3 Å². The lowest BCUT2D eigenvalue weighted by atomic mass is 9.92. The van der Waals surface area contributed by atoms with E-state index in [1.807, 2.05) is 33.9 Å². The summed E-state index contributed by atoms with van der Waals surface area (Å²) in [5, 5.41) is 0. The highest BCUT2D eigenvalue weighted by molar-refractivity contribution is 5.78. The lowest BCUT2D eigenvalue weighted by molar-refractivity contribution is -0.0255. The maximum absolute atomic E-state index is 5.90. The topological polar surface area (TPSA) is 82.9 Å². The maximum atomic E-state index is 5.90. The molecule has 0 spiro atoms. The van der Waals surface area contributed by atoms with Crippen LogP contribution in [0.3, 0.4) is 0 Å². The summed E-state index contributed by atoms with van der Waals surface area (Å²) in [6.45, 7) is 8.93. The van der Waals surface area contributed by atoms with E-state index in [2.05, 4.69) is 4.99 Å². The summed E-state index contributed by atoms with van der Waals surface area (Å²) in [7, 11) is 0. The van der Waals surface area contributed by atoms with Crippen molar-refractivity contribution in [1.82, 2.24) is 0 Å². The van der Waals surface area contributed by atoms with E-state index < -0.39 is 0 Å². The average molecular weight is 297 g/mol. The third kappa shape index (κ3) is 8.07. The van der Waals surface area contributed by atoms with Gasteiger partial charge < -0.3 is 20.9 Å². The van der Waals surface area contributed by atoms with E-state index in [9.17, 15) is 0 Å². The molecule has 0 unspecified atom stereocenters. The molecule has 1 aliphatic rings. The van der Waals surface area contributed by atoms with Crippen molar-refractivity contribution in [2.24, 2.45) is 16.5 Å². The average Bonchev–Trinajstić information content (AvgIpc) is 2.41. The van der Waals surface area contributed by atoms with E-state index in [1.54, 1.807) is 0 Å². The summed E-state index contributed by atoms with van der Waals surface area (Å²) in [5.74, 6) is 0.420. The van der Waals surface area contributed by atoms with Crippen molar-refractivity contribution in [2.45, 2.75) is 71.1 Å². The van der Waals surface area contributed by atoms with Crippen LogP contribution >= 0.6 is 0 Å². The van der Waals surface area contributed by atoms with Crippen LogP contribution in [0.5, 0.6) is 0 Å². The Bertz CT molecular complexity index is 364. The van der Waals surface area contributed by atoms with Crippen molar-refractivity contribution in [3.8, 4) is 0 Å². The van der Waals surface area contributed by atoms with Crippen molar-refractivity contribution in [1.29, 1.82) is 0 Å². The molecule has 0 heterocycles. The molecule has 1 saturated carbocycles. The highest BCUT2D eigenvalue weighted by Crippen LogP contribution is 2.19. The van der Waals surface area contributed by atoms with Gasteiger partial charge in [-0.05, 0) is 53.4 Å². The van der Waals surface area contributed by atoms with Crippen molar-refractivity contribution < 1.29 is 9.47 Å². The first kappa shape index (κ1) is 18.0. The van der Waals surface area contributed by atoms with Crippen LogP contribution in [-0.4, -0.2) is 37.1 Å². The molecule has 21 heavy (non-hydrogen) atoms. The summed E-state index contributed by atoms with van der Waals surface area (Å²) < 4.78 is 11.1. The Morgan fingerprint density at radius 1 is 1.19 bits per heavy atom. The number of ether oxygens (including phenoxy) is 2. The number of hydrogen-bond acceptors (Lipinski definition) is 5. The van der Waals surface area contributed by atoms with Gasteiger partial charge in [0.1, 0.15) is 6.61 Å². The van der Waals surface area contributed by atoms with Crippen molar-refractivity contribution >= 4 is 6.21 Å². The van der Waals surface area contributed by atoms with Crippen LogP contribution in [-0.2, 0) is 9.47 Å². The van der Waals surface area contributed by atoms with Crippen molar-refractivity contribution in [3.63, 3.8) is 0 Å². The summed E-state index contributed by atoms with van der Waals surface area (Å²) in [6, 6.07) is 0.723. The molecule has 0 aliphatic heterocycles. The van der Waals surface area contributed by atoms with Gasteiger partial charge in [0, 0.05) is 17.8 Å². The third-order valence-corrected chi connectivity index (χ3v) is 3.48. The summed E-state index contributed by atoms with van der Waals surface area (Å²) in [6.07, 6.45) is 6.06. The molecule has 0 aromatic carbocycles. The van der Waals surface area contributed by atoms with Gasteiger partial charge in [0.25, 0.3) is 0 Å². The molecule has 0 bridgehead atoms. The summed E-state index contributed by atoms with van der Waals surface area (Å²) >= 11 is 0. The molecule has 0 amide bonds. The number of nitrogens with zero attached hydrogens (tertiary/aromatic N) is 1. The van der Waals surface area contributed by atoms with E-state index in [1.165, 1.54) is 0 Å². The minimum absolute atomic E-state index is 0.153. The first-order chi connectivity index (χ1) is 9.78. The molecule has 1 fully saturated rings. The Morgan fingerprint density at radius 3 is 2.38 bits per heavy atom. The number of aliphatic imine (C=N–C) groups is 1. The Balaban J connectivity index is 2.32. The molecule has 0 radical (unpaired) electrons. The Hall–Kier alpha value is -1.07. The number of hydrogen-bond donors (Lipinski definition) is 2. The molecule has 5 nitrogen and oxygen atoms in total. The van der Waals surface area contributed by atoms with Crippen LogP contribution in [0.1, 0.15) is 53.4 Å². The molecular formula is C16H31N3O2. The predicted octanol–water partition coefficient (Wildman–Crippen LogP) is 2.35. The minimum atomic E-state index is -0.153. The van der Waals surface area contributed by atoms with Gasteiger partial charge in [0.2, 0.25) is 0 Å². The molecule has 5 heteroatoms. The van der Waals surface area contributed by atoms with E-state index in [-0.39, 0.29) is 5.60 Å². The molecule has 0 aromatic rings. The second kappa shape index (κ2) is 8.39. The fraction of sp³-hybridized carbons (Fsp3) is 0.812. The molecule has 122 valence electrons. The van der Waals surface area contributed by atoms with E-state index in [4.69, 9.17) is 20.9 Å². The first-order valence-electron chi connectivity index (χ1n) is 7.80. The molecule has 0 aromatic heterocycles. The number of nitrogens with two attached hydrogens (primary N) is 2. The van der Waals surface area contributed by atoms with Gasteiger partial charge in [-0.3, -0.25) is 4.99 Å². The van der Waals surface area contributed by atoms with Crippen LogP contribution in [0.25, 0.3) is 0 Å². The smallest absolute Gasteiger partial charge is 0.188 e. The highest BCUT2D eigenvalue weighted by Gasteiger charge is 2.17. The zero-order chi connectivity index (χ0) is 15.9. The molecule has 1 aliphatic carbocycles.